The molecule has 8 heteroatoms. The normalized spacial score (nSPS) is 10.7. The minimum atomic E-state index is -0.523. The standard InChI is InChI=1S/C22H18ClN3O4/c1-15-19(6-4-8-21(15)26(28)29)22(27)25-24-13-16-9-11-18(12-10-16)30-14-17-5-2-3-7-20(17)23/h2-13H,14H2,1H3,(H,25,27)/b24-13+. The molecular formula is C22H18ClN3O4. The molecule has 0 fully saturated rings. The summed E-state index contributed by atoms with van der Waals surface area (Å²) in [5.74, 6) is 0.149. The monoisotopic (exact) mass is 423 g/mol. The van der Waals surface area contributed by atoms with Gasteiger partial charge in [0, 0.05) is 22.2 Å². The van der Waals surface area contributed by atoms with E-state index >= 15 is 0 Å². The van der Waals surface area contributed by atoms with Crippen LogP contribution in [0.15, 0.2) is 71.8 Å². The van der Waals surface area contributed by atoms with Crippen LogP contribution in [-0.2, 0) is 6.61 Å². The van der Waals surface area contributed by atoms with Gasteiger partial charge in [0.25, 0.3) is 11.6 Å². The molecule has 0 radical (unpaired) electrons. The molecule has 0 spiro atoms. The Balaban J connectivity index is 1.58. The van der Waals surface area contributed by atoms with Crippen LogP contribution >= 0.6 is 11.6 Å². The lowest BCUT2D eigenvalue weighted by Gasteiger charge is -2.08. The first-order chi connectivity index (χ1) is 14.5. The summed E-state index contributed by atoms with van der Waals surface area (Å²) in [6, 6.07) is 18.9. The number of nitrogens with zero attached hydrogens (tertiary/aromatic N) is 2. The molecule has 3 rings (SSSR count). The fourth-order valence-electron chi connectivity index (χ4n) is 2.72. The maximum Gasteiger partial charge on any atom is 0.273 e. The molecule has 1 amide bonds. The molecule has 0 saturated carbocycles. The van der Waals surface area contributed by atoms with Crippen molar-refractivity contribution in [2.45, 2.75) is 13.5 Å². The summed E-state index contributed by atoms with van der Waals surface area (Å²) in [5, 5.41) is 15.6. The highest BCUT2D eigenvalue weighted by atomic mass is 35.5. The van der Waals surface area contributed by atoms with Crippen LogP contribution in [0.1, 0.15) is 27.0 Å². The second-order valence-electron chi connectivity index (χ2n) is 6.36. The zero-order valence-corrected chi connectivity index (χ0v) is 16.8. The Morgan fingerprint density at radius 1 is 1.13 bits per heavy atom. The lowest BCUT2D eigenvalue weighted by atomic mass is 10.1. The van der Waals surface area contributed by atoms with Crippen molar-refractivity contribution in [2.24, 2.45) is 5.10 Å². The number of halogens is 1. The number of nitro groups is 1. The van der Waals surface area contributed by atoms with Crippen LogP contribution in [0.2, 0.25) is 5.02 Å². The number of hydrazone groups is 1. The summed E-state index contributed by atoms with van der Waals surface area (Å²) in [4.78, 5) is 22.7. The second-order valence-corrected chi connectivity index (χ2v) is 6.76. The van der Waals surface area contributed by atoms with Gasteiger partial charge in [-0.2, -0.15) is 5.10 Å². The van der Waals surface area contributed by atoms with E-state index in [4.69, 9.17) is 16.3 Å². The van der Waals surface area contributed by atoms with Crippen LogP contribution in [0.4, 0.5) is 5.69 Å². The lowest BCUT2D eigenvalue weighted by Crippen LogP contribution is -2.19. The average Bonchev–Trinajstić information content (AvgIpc) is 2.74. The molecule has 1 N–H and O–H groups in total. The van der Waals surface area contributed by atoms with E-state index in [0.29, 0.717) is 17.4 Å². The number of benzene rings is 3. The van der Waals surface area contributed by atoms with Crippen molar-refractivity contribution in [3.8, 4) is 5.75 Å². The van der Waals surface area contributed by atoms with Crippen molar-refractivity contribution in [3.05, 3.63) is 104 Å². The third-order valence-corrected chi connectivity index (χ3v) is 4.73. The predicted octanol–water partition coefficient (Wildman–Crippen LogP) is 4.90. The van der Waals surface area contributed by atoms with E-state index < -0.39 is 10.8 Å². The highest BCUT2D eigenvalue weighted by Crippen LogP contribution is 2.21. The molecule has 0 aliphatic rings. The summed E-state index contributed by atoms with van der Waals surface area (Å²) in [6.07, 6.45) is 1.47. The van der Waals surface area contributed by atoms with Gasteiger partial charge in [-0.1, -0.05) is 35.9 Å². The van der Waals surface area contributed by atoms with Crippen LogP contribution in [0.3, 0.4) is 0 Å². The molecule has 3 aromatic rings. The van der Waals surface area contributed by atoms with Gasteiger partial charge in [-0.25, -0.2) is 5.43 Å². The van der Waals surface area contributed by atoms with E-state index in [1.165, 1.54) is 31.3 Å². The highest BCUT2D eigenvalue weighted by molar-refractivity contribution is 6.31. The van der Waals surface area contributed by atoms with Gasteiger partial charge in [0.2, 0.25) is 0 Å². The maximum atomic E-state index is 12.3. The predicted molar refractivity (Wildman–Crippen MR) is 115 cm³/mol. The van der Waals surface area contributed by atoms with E-state index in [2.05, 4.69) is 10.5 Å². The SMILES string of the molecule is Cc1c(C(=O)N/N=C/c2ccc(OCc3ccccc3Cl)cc2)cccc1[N+](=O)[O-]. The van der Waals surface area contributed by atoms with Gasteiger partial charge in [0.05, 0.1) is 16.7 Å². The molecule has 0 unspecified atom stereocenters. The Kier molecular flexibility index (Phi) is 6.77. The van der Waals surface area contributed by atoms with Crippen LogP contribution in [-0.4, -0.2) is 17.0 Å². The van der Waals surface area contributed by atoms with Crippen molar-refractivity contribution in [1.29, 1.82) is 0 Å². The lowest BCUT2D eigenvalue weighted by molar-refractivity contribution is -0.385. The zero-order chi connectivity index (χ0) is 21.5. The molecule has 0 saturated heterocycles. The number of hydrogen-bond acceptors (Lipinski definition) is 5. The molecule has 0 atom stereocenters. The fourth-order valence-corrected chi connectivity index (χ4v) is 2.91. The fraction of sp³-hybridized carbons (Fsp3) is 0.0909. The van der Waals surface area contributed by atoms with Crippen LogP contribution in [0, 0.1) is 17.0 Å². The van der Waals surface area contributed by atoms with E-state index in [0.717, 1.165) is 11.1 Å². The molecule has 3 aromatic carbocycles. The minimum Gasteiger partial charge on any atom is -0.489 e. The molecule has 0 aromatic heterocycles. The number of hydrogen-bond donors (Lipinski definition) is 1. The second kappa shape index (κ2) is 9.67. The van der Waals surface area contributed by atoms with Gasteiger partial charge in [0.15, 0.2) is 0 Å². The van der Waals surface area contributed by atoms with Crippen molar-refractivity contribution in [1.82, 2.24) is 5.43 Å². The quantitative estimate of drug-likeness (QED) is 0.332. The number of ether oxygens (including phenoxy) is 1. The first-order valence-corrected chi connectivity index (χ1v) is 9.37. The maximum absolute atomic E-state index is 12.3. The Labute approximate surface area is 178 Å². The summed E-state index contributed by atoms with van der Waals surface area (Å²) < 4.78 is 5.72. The first kappa shape index (κ1) is 21.0. The number of rotatable bonds is 7. The number of amides is 1. The van der Waals surface area contributed by atoms with E-state index in [9.17, 15) is 14.9 Å². The molecular weight excluding hydrogens is 406 g/mol. The van der Waals surface area contributed by atoms with E-state index in [1.807, 2.05) is 24.3 Å². The first-order valence-electron chi connectivity index (χ1n) is 8.99. The summed E-state index contributed by atoms with van der Waals surface area (Å²) >= 11 is 6.11. The molecule has 0 heterocycles. The molecule has 0 aliphatic heterocycles. The molecule has 30 heavy (non-hydrogen) atoms. The van der Waals surface area contributed by atoms with Crippen LogP contribution in [0.5, 0.6) is 5.75 Å². The summed E-state index contributed by atoms with van der Waals surface area (Å²) in [5.41, 5.74) is 4.40. The molecule has 0 aliphatic carbocycles. The minimum absolute atomic E-state index is 0.112. The van der Waals surface area contributed by atoms with Crippen LogP contribution < -0.4 is 10.2 Å². The molecule has 0 bridgehead atoms. The Morgan fingerprint density at radius 2 is 1.87 bits per heavy atom. The van der Waals surface area contributed by atoms with Crippen LogP contribution in [0.25, 0.3) is 0 Å². The Hall–Kier alpha value is -3.71. The van der Waals surface area contributed by atoms with Gasteiger partial charge < -0.3 is 4.74 Å². The van der Waals surface area contributed by atoms with Crippen molar-refractivity contribution >= 4 is 29.4 Å². The van der Waals surface area contributed by atoms with Gasteiger partial charge in [-0.05, 0) is 48.9 Å². The number of nitrogens with one attached hydrogen (secondary N) is 1. The topological polar surface area (TPSA) is 93.8 Å². The molecule has 7 nitrogen and oxygen atoms in total. The highest BCUT2D eigenvalue weighted by Gasteiger charge is 2.17. The number of carbonyl (C=O) groups is 1. The van der Waals surface area contributed by atoms with Gasteiger partial charge in [-0.15, -0.1) is 0 Å². The number of nitro benzene ring substituents is 1. The van der Waals surface area contributed by atoms with Crippen molar-refractivity contribution in [2.75, 3.05) is 0 Å². The third kappa shape index (κ3) is 5.21. The van der Waals surface area contributed by atoms with Crippen molar-refractivity contribution < 1.29 is 14.5 Å². The summed E-state index contributed by atoms with van der Waals surface area (Å²) in [6.45, 7) is 1.88. The smallest absolute Gasteiger partial charge is 0.273 e. The van der Waals surface area contributed by atoms with Gasteiger partial charge in [0.1, 0.15) is 12.4 Å². The third-order valence-electron chi connectivity index (χ3n) is 4.36. The Morgan fingerprint density at radius 3 is 2.57 bits per heavy atom. The zero-order valence-electron chi connectivity index (χ0n) is 16.0. The van der Waals surface area contributed by atoms with E-state index in [-0.39, 0.29) is 16.8 Å². The molecule has 152 valence electrons. The van der Waals surface area contributed by atoms with Gasteiger partial charge >= 0.3 is 0 Å². The average molecular weight is 424 g/mol. The largest absolute Gasteiger partial charge is 0.489 e. The van der Waals surface area contributed by atoms with Crippen molar-refractivity contribution in [3.63, 3.8) is 0 Å². The number of carbonyl (C=O) groups excluding carboxylic acids is 1. The van der Waals surface area contributed by atoms with E-state index in [1.54, 1.807) is 24.3 Å². The Bertz CT molecular complexity index is 1100. The summed E-state index contributed by atoms with van der Waals surface area (Å²) in [7, 11) is 0. The van der Waals surface area contributed by atoms with Gasteiger partial charge in [-0.3, -0.25) is 14.9 Å².